The molecule has 5 heteroatoms. The molecule has 0 bridgehead atoms. The lowest BCUT2D eigenvalue weighted by molar-refractivity contribution is 0.343. The van der Waals surface area contributed by atoms with Gasteiger partial charge in [0.25, 0.3) is 0 Å². The molecule has 0 saturated carbocycles. The van der Waals surface area contributed by atoms with Gasteiger partial charge in [0.05, 0.1) is 7.11 Å². The minimum atomic E-state index is -1.27. The van der Waals surface area contributed by atoms with Crippen molar-refractivity contribution in [2.45, 2.75) is 25.3 Å². The number of halogens is 3. The normalized spacial score (nSPS) is 19.6. The second-order valence-electron chi connectivity index (χ2n) is 4.18. The molecule has 0 spiro atoms. The maximum absolute atomic E-state index is 13.8. The fourth-order valence-corrected chi connectivity index (χ4v) is 2.15. The van der Waals surface area contributed by atoms with Crippen LogP contribution in [-0.2, 0) is 6.42 Å². The molecule has 94 valence electrons. The van der Waals surface area contributed by atoms with Crippen molar-refractivity contribution in [1.29, 1.82) is 0 Å². The minimum absolute atomic E-state index is 0.124. The van der Waals surface area contributed by atoms with E-state index in [0.29, 0.717) is 6.42 Å². The summed E-state index contributed by atoms with van der Waals surface area (Å²) in [4.78, 5) is 0. The van der Waals surface area contributed by atoms with Crippen LogP contribution in [0.2, 0.25) is 0 Å². The van der Waals surface area contributed by atoms with Crippen LogP contribution in [0.3, 0.4) is 0 Å². The van der Waals surface area contributed by atoms with Crippen molar-refractivity contribution in [2.75, 3.05) is 13.7 Å². The van der Waals surface area contributed by atoms with Gasteiger partial charge in [-0.1, -0.05) is 0 Å². The van der Waals surface area contributed by atoms with Gasteiger partial charge in [0.15, 0.2) is 17.4 Å². The second-order valence-corrected chi connectivity index (χ2v) is 4.18. The number of benzene rings is 1. The SMILES string of the molecule is COc1c(F)c(F)cc(CC2CCCN2)c1F. The summed E-state index contributed by atoms with van der Waals surface area (Å²) in [7, 11) is 1.12. The van der Waals surface area contributed by atoms with Gasteiger partial charge in [-0.25, -0.2) is 8.78 Å². The summed E-state index contributed by atoms with van der Waals surface area (Å²) in [5.74, 6) is -3.79. The largest absolute Gasteiger partial charge is 0.491 e. The fraction of sp³-hybridized carbons (Fsp3) is 0.500. The van der Waals surface area contributed by atoms with E-state index >= 15 is 0 Å². The predicted molar refractivity (Wildman–Crippen MR) is 57.6 cm³/mol. The first-order valence-corrected chi connectivity index (χ1v) is 5.57. The number of hydrogen-bond acceptors (Lipinski definition) is 2. The van der Waals surface area contributed by atoms with Gasteiger partial charge in [-0.05, 0) is 37.4 Å². The Kier molecular flexibility index (Phi) is 3.57. The molecular formula is C12H14F3NO. The van der Waals surface area contributed by atoms with E-state index in [9.17, 15) is 13.2 Å². The molecule has 1 aromatic carbocycles. The molecule has 1 saturated heterocycles. The lowest BCUT2D eigenvalue weighted by atomic mass is 10.0. The predicted octanol–water partition coefficient (Wildman–Crippen LogP) is 2.41. The van der Waals surface area contributed by atoms with Gasteiger partial charge in [0.2, 0.25) is 5.82 Å². The van der Waals surface area contributed by atoms with Crippen LogP contribution >= 0.6 is 0 Å². The van der Waals surface area contributed by atoms with Crippen LogP contribution < -0.4 is 10.1 Å². The highest BCUT2D eigenvalue weighted by Gasteiger charge is 2.22. The smallest absolute Gasteiger partial charge is 0.203 e. The number of methoxy groups -OCH3 is 1. The monoisotopic (exact) mass is 245 g/mol. The first kappa shape index (κ1) is 12.2. The van der Waals surface area contributed by atoms with E-state index in [1.165, 1.54) is 0 Å². The van der Waals surface area contributed by atoms with Crippen molar-refractivity contribution in [3.8, 4) is 5.75 Å². The average Bonchev–Trinajstić information content (AvgIpc) is 2.79. The zero-order valence-corrected chi connectivity index (χ0v) is 9.53. The van der Waals surface area contributed by atoms with Crippen LogP contribution in [-0.4, -0.2) is 19.7 Å². The molecule has 1 aliphatic rings. The summed E-state index contributed by atoms with van der Waals surface area (Å²) in [5, 5.41) is 3.18. The maximum Gasteiger partial charge on any atom is 0.203 e. The van der Waals surface area contributed by atoms with Crippen molar-refractivity contribution in [3.63, 3.8) is 0 Å². The molecule has 1 atom stereocenters. The lowest BCUT2D eigenvalue weighted by Gasteiger charge is -2.13. The molecule has 0 aromatic heterocycles. The first-order valence-electron chi connectivity index (χ1n) is 5.57. The van der Waals surface area contributed by atoms with Crippen molar-refractivity contribution in [3.05, 3.63) is 29.1 Å². The third-order valence-electron chi connectivity index (χ3n) is 3.02. The summed E-state index contributed by atoms with van der Waals surface area (Å²) in [5.41, 5.74) is 0.153. The van der Waals surface area contributed by atoms with E-state index in [1.54, 1.807) is 0 Å². The molecule has 1 heterocycles. The van der Waals surface area contributed by atoms with E-state index in [0.717, 1.165) is 32.6 Å². The third kappa shape index (κ3) is 2.39. The molecule has 1 aromatic rings. The zero-order chi connectivity index (χ0) is 12.4. The van der Waals surface area contributed by atoms with E-state index in [-0.39, 0.29) is 11.6 Å². The van der Waals surface area contributed by atoms with Crippen LogP contribution in [0.1, 0.15) is 18.4 Å². The highest BCUT2D eigenvalue weighted by Crippen LogP contribution is 2.28. The molecule has 2 nitrogen and oxygen atoms in total. The topological polar surface area (TPSA) is 21.3 Å². The zero-order valence-electron chi connectivity index (χ0n) is 9.53. The van der Waals surface area contributed by atoms with Crippen LogP contribution in [0.4, 0.5) is 13.2 Å². The molecule has 1 unspecified atom stereocenters. The van der Waals surface area contributed by atoms with Crippen molar-refractivity contribution >= 4 is 0 Å². The number of nitrogens with one attached hydrogen (secondary N) is 1. The summed E-state index contributed by atoms with van der Waals surface area (Å²) in [6.45, 7) is 0.882. The van der Waals surface area contributed by atoms with E-state index in [2.05, 4.69) is 10.1 Å². The Bertz CT molecular complexity index is 417. The highest BCUT2D eigenvalue weighted by molar-refractivity contribution is 5.34. The number of hydrogen-bond donors (Lipinski definition) is 1. The average molecular weight is 245 g/mol. The molecule has 0 amide bonds. The summed E-state index contributed by atoms with van der Waals surface area (Å²) in [6.07, 6.45) is 2.28. The van der Waals surface area contributed by atoms with E-state index in [4.69, 9.17) is 0 Å². The molecule has 2 rings (SSSR count). The molecular weight excluding hydrogens is 231 g/mol. The van der Waals surface area contributed by atoms with Gasteiger partial charge in [-0.2, -0.15) is 4.39 Å². The van der Waals surface area contributed by atoms with Gasteiger partial charge < -0.3 is 10.1 Å². The Labute approximate surface area is 97.8 Å². The fourth-order valence-electron chi connectivity index (χ4n) is 2.15. The minimum Gasteiger partial charge on any atom is -0.491 e. The Hall–Kier alpha value is -1.23. The van der Waals surface area contributed by atoms with Crippen LogP contribution in [0.5, 0.6) is 5.75 Å². The maximum atomic E-state index is 13.8. The van der Waals surface area contributed by atoms with Gasteiger partial charge in [0, 0.05) is 6.04 Å². The molecule has 0 radical (unpaired) electrons. The van der Waals surface area contributed by atoms with Gasteiger partial charge in [-0.15, -0.1) is 0 Å². The van der Waals surface area contributed by atoms with E-state index in [1.807, 2.05) is 0 Å². The lowest BCUT2D eigenvalue weighted by Crippen LogP contribution is -2.24. The third-order valence-corrected chi connectivity index (χ3v) is 3.02. The van der Waals surface area contributed by atoms with Gasteiger partial charge in [0.1, 0.15) is 0 Å². The Morgan fingerprint density at radius 3 is 2.71 bits per heavy atom. The quantitative estimate of drug-likeness (QED) is 0.826. The molecule has 0 aliphatic carbocycles. The van der Waals surface area contributed by atoms with Crippen molar-refractivity contribution in [1.82, 2.24) is 5.32 Å². The second kappa shape index (κ2) is 4.96. The van der Waals surface area contributed by atoms with Crippen LogP contribution in [0.25, 0.3) is 0 Å². The number of ether oxygens (including phenoxy) is 1. The van der Waals surface area contributed by atoms with E-state index < -0.39 is 23.2 Å². The Morgan fingerprint density at radius 2 is 2.12 bits per heavy atom. The van der Waals surface area contributed by atoms with Gasteiger partial charge in [-0.3, -0.25) is 0 Å². The standard InChI is InChI=1S/C12H14F3NO/c1-17-12-10(14)7(6-9(13)11(12)15)5-8-3-2-4-16-8/h6,8,16H,2-5H2,1H3. The molecule has 1 fully saturated rings. The number of rotatable bonds is 3. The Morgan fingerprint density at radius 1 is 1.35 bits per heavy atom. The summed E-state index contributed by atoms with van der Waals surface area (Å²) in [6, 6.07) is 1.03. The van der Waals surface area contributed by atoms with Crippen molar-refractivity contribution in [2.24, 2.45) is 0 Å². The molecule has 1 aliphatic heterocycles. The molecule has 1 N–H and O–H groups in total. The van der Waals surface area contributed by atoms with Crippen molar-refractivity contribution < 1.29 is 17.9 Å². The molecule has 17 heavy (non-hydrogen) atoms. The van der Waals surface area contributed by atoms with Gasteiger partial charge >= 0.3 is 0 Å². The Balaban J connectivity index is 2.30. The van der Waals surface area contributed by atoms with Crippen LogP contribution in [0, 0.1) is 17.5 Å². The summed E-state index contributed by atoms with van der Waals surface area (Å²) < 4.78 is 44.8. The summed E-state index contributed by atoms with van der Waals surface area (Å²) >= 11 is 0. The highest BCUT2D eigenvalue weighted by atomic mass is 19.2. The van der Waals surface area contributed by atoms with Crippen LogP contribution in [0.15, 0.2) is 6.07 Å². The first-order chi connectivity index (χ1) is 8.13.